The lowest BCUT2D eigenvalue weighted by molar-refractivity contribution is -0.123. The predicted molar refractivity (Wildman–Crippen MR) is 87.0 cm³/mol. The summed E-state index contributed by atoms with van der Waals surface area (Å²) in [6.07, 6.45) is 3.86. The molecule has 6 heteroatoms. The molecule has 4 nitrogen and oxygen atoms in total. The fourth-order valence-electron chi connectivity index (χ4n) is 2.42. The third-order valence-electron chi connectivity index (χ3n) is 3.45. The first kappa shape index (κ1) is 14.6. The zero-order valence-corrected chi connectivity index (χ0v) is 13.0. The minimum atomic E-state index is -0.0798. The number of phenols is 1. The summed E-state index contributed by atoms with van der Waals surface area (Å²) >= 11 is 6.59. The number of amides is 1. The Labute approximate surface area is 132 Å². The van der Waals surface area contributed by atoms with E-state index in [4.69, 9.17) is 17.0 Å². The molecule has 0 aliphatic carbocycles. The van der Waals surface area contributed by atoms with Crippen LogP contribution < -0.4 is 0 Å². The lowest BCUT2D eigenvalue weighted by Gasteiger charge is -2.18. The second kappa shape index (κ2) is 6.17. The van der Waals surface area contributed by atoms with Crippen LogP contribution in [-0.2, 0) is 9.53 Å². The van der Waals surface area contributed by atoms with Gasteiger partial charge in [0.1, 0.15) is 10.1 Å². The molecule has 3 rings (SSSR count). The molecule has 2 aliphatic heterocycles. The highest BCUT2D eigenvalue weighted by molar-refractivity contribution is 8.26. The fourth-order valence-corrected chi connectivity index (χ4v) is 3.69. The average molecular weight is 321 g/mol. The summed E-state index contributed by atoms with van der Waals surface area (Å²) in [5, 5.41) is 9.47. The van der Waals surface area contributed by atoms with E-state index in [0.29, 0.717) is 15.8 Å². The normalized spacial score (nSPS) is 24.3. The Morgan fingerprint density at radius 3 is 3.10 bits per heavy atom. The molecule has 1 amide bonds. The highest BCUT2D eigenvalue weighted by Gasteiger charge is 2.34. The molecule has 0 spiro atoms. The summed E-state index contributed by atoms with van der Waals surface area (Å²) < 4.78 is 6.14. The minimum Gasteiger partial charge on any atom is -0.508 e. The maximum Gasteiger partial charge on any atom is 0.266 e. The van der Waals surface area contributed by atoms with Crippen molar-refractivity contribution in [2.45, 2.75) is 18.9 Å². The van der Waals surface area contributed by atoms with E-state index in [2.05, 4.69) is 0 Å². The predicted octanol–water partition coefficient (Wildman–Crippen LogP) is 2.77. The van der Waals surface area contributed by atoms with Crippen LogP contribution >= 0.6 is 24.0 Å². The second-order valence-corrected chi connectivity index (χ2v) is 6.70. The molecule has 1 atom stereocenters. The number of thiocarbonyl (C=S) groups is 1. The van der Waals surface area contributed by atoms with Gasteiger partial charge in [0.15, 0.2) is 0 Å². The fraction of sp³-hybridized carbons (Fsp3) is 0.333. The summed E-state index contributed by atoms with van der Waals surface area (Å²) in [4.78, 5) is 14.6. The SMILES string of the molecule is O=C1/C(=C/c2cccc(O)c2)SC(=S)N1C[C@H]1CCCO1. The van der Waals surface area contributed by atoms with Crippen molar-refractivity contribution in [1.82, 2.24) is 4.90 Å². The quantitative estimate of drug-likeness (QED) is 0.685. The first-order valence-corrected chi connectivity index (χ1v) is 8.02. The van der Waals surface area contributed by atoms with E-state index in [1.54, 1.807) is 29.2 Å². The zero-order valence-electron chi connectivity index (χ0n) is 11.3. The van der Waals surface area contributed by atoms with Gasteiger partial charge >= 0.3 is 0 Å². The molecular formula is C15H15NO3S2. The maximum absolute atomic E-state index is 12.4. The molecule has 0 aromatic heterocycles. The molecular weight excluding hydrogens is 306 g/mol. The minimum absolute atomic E-state index is 0.0798. The number of nitrogens with zero attached hydrogens (tertiary/aromatic N) is 1. The third kappa shape index (κ3) is 3.28. The van der Waals surface area contributed by atoms with Gasteiger partial charge in [-0.05, 0) is 36.6 Å². The van der Waals surface area contributed by atoms with E-state index in [1.165, 1.54) is 11.8 Å². The second-order valence-electron chi connectivity index (χ2n) is 5.02. The summed E-state index contributed by atoms with van der Waals surface area (Å²) in [5.74, 6) is 0.0995. The Morgan fingerprint density at radius 2 is 2.38 bits per heavy atom. The van der Waals surface area contributed by atoms with E-state index in [0.717, 1.165) is 25.0 Å². The Morgan fingerprint density at radius 1 is 1.52 bits per heavy atom. The van der Waals surface area contributed by atoms with Gasteiger partial charge in [-0.3, -0.25) is 9.69 Å². The number of ether oxygens (including phenoxy) is 1. The number of hydrogen-bond acceptors (Lipinski definition) is 5. The molecule has 1 N–H and O–H groups in total. The topological polar surface area (TPSA) is 49.8 Å². The van der Waals surface area contributed by atoms with Crippen molar-refractivity contribution in [3.05, 3.63) is 34.7 Å². The van der Waals surface area contributed by atoms with Gasteiger partial charge < -0.3 is 9.84 Å². The van der Waals surface area contributed by atoms with E-state index in [1.807, 2.05) is 6.07 Å². The number of carbonyl (C=O) groups excluding carboxylic acids is 1. The number of hydrogen-bond donors (Lipinski definition) is 1. The molecule has 2 fully saturated rings. The smallest absolute Gasteiger partial charge is 0.266 e. The van der Waals surface area contributed by atoms with E-state index in [9.17, 15) is 9.90 Å². The number of thioether (sulfide) groups is 1. The Balaban J connectivity index is 1.76. The first-order chi connectivity index (χ1) is 10.1. The first-order valence-electron chi connectivity index (χ1n) is 6.79. The van der Waals surface area contributed by atoms with Crippen LogP contribution in [0.25, 0.3) is 6.08 Å². The summed E-state index contributed by atoms with van der Waals surface area (Å²) in [6.45, 7) is 1.29. The standard InChI is InChI=1S/C15H15NO3S2/c17-11-4-1-3-10(7-11)8-13-14(18)16(15(20)21-13)9-12-5-2-6-19-12/h1,3-4,7-8,12,17H,2,5-6,9H2/b13-8-/t12-/m1/s1. The van der Waals surface area contributed by atoms with E-state index < -0.39 is 0 Å². The van der Waals surface area contributed by atoms with Crippen LogP contribution in [0.4, 0.5) is 0 Å². The molecule has 2 heterocycles. The van der Waals surface area contributed by atoms with Gasteiger partial charge in [-0.1, -0.05) is 36.1 Å². The van der Waals surface area contributed by atoms with Crippen LogP contribution in [0.1, 0.15) is 18.4 Å². The summed E-state index contributed by atoms with van der Waals surface area (Å²) in [5.41, 5.74) is 0.785. The van der Waals surface area contributed by atoms with Crippen LogP contribution in [0.3, 0.4) is 0 Å². The number of phenolic OH excluding ortho intramolecular Hbond substituents is 1. The lowest BCUT2D eigenvalue weighted by atomic mass is 10.2. The van der Waals surface area contributed by atoms with Gasteiger partial charge in [0.05, 0.1) is 17.6 Å². The highest BCUT2D eigenvalue weighted by atomic mass is 32.2. The molecule has 2 saturated heterocycles. The molecule has 0 saturated carbocycles. The van der Waals surface area contributed by atoms with Crippen molar-refractivity contribution in [1.29, 1.82) is 0 Å². The molecule has 2 aliphatic rings. The maximum atomic E-state index is 12.4. The molecule has 0 unspecified atom stereocenters. The number of rotatable bonds is 3. The number of aromatic hydroxyl groups is 1. The molecule has 0 radical (unpaired) electrons. The zero-order chi connectivity index (χ0) is 14.8. The molecule has 1 aromatic rings. The van der Waals surface area contributed by atoms with Gasteiger partial charge in [0.2, 0.25) is 0 Å². The molecule has 110 valence electrons. The Kier molecular flexibility index (Phi) is 4.28. The van der Waals surface area contributed by atoms with Gasteiger partial charge in [0, 0.05) is 6.61 Å². The monoisotopic (exact) mass is 321 g/mol. The van der Waals surface area contributed by atoms with Crippen LogP contribution in [0.15, 0.2) is 29.2 Å². The number of carbonyl (C=O) groups is 1. The van der Waals surface area contributed by atoms with E-state index in [-0.39, 0.29) is 17.8 Å². The molecule has 0 bridgehead atoms. The van der Waals surface area contributed by atoms with Crippen molar-refractivity contribution >= 4 is 40.3 Å². The van der Waals surface area contributed by atoms with E-state index >= 15 is 0 Å². The molecule has 1 aromatic carbocycles. The van der Waals surface area contributed by atoms with Crippen LogP contribution in [0.2, 0.25) is 0 Å². The highest BCUT2D eigenvalue weighted by Crippen LogP contribution is 2.33. The van der Waals surface area contributed by atoms with Crippen molar-refractivity contribution < 1.29 is 14.6 Å². The van der Waals surface area contributed by atoms with Crippen LogP contribution in [0, 0.1) is 0 Å². The van der Waals surface area contributed by atoms with Crippen LogP contribution in [-0.4, -0.2) is 39.5 Å². The summed E-state index contributed by atoms with van der Waals surface area (Å²) in [6, 6.07) is 6.80. The largest absolute Gasteiger partial charge is 0.508 e. The average Bonchev–Trinajstić information content (AvgIpc) is 3.04. The Bertz CT molecular complexity index is 609. The van der Waals surface area contributed by atoms with Gasteiger partial charge in [-0.15, -0.1) is 0 Å². The Hall–Kier alpha value is -1.37. The van der Waals surface area contributed by atoms with Crippen LogP contribution in [0.5, 0.6) is 5.75 Å². The van der Waals surface area contributed by atoms with Crippen molar-refractivity contribution in [2.75, 3.05) is 13.2 Å². The third-order valence-corrected chi connectivity index (χ3v) is 4.83. The van der Waals surface area contributed by atoms with Crippen molar-refractivity contribution in [3.63, 3.8) is 0 Å². The lowest BCUT2D eigenvalue weighted by Crippen LogP contribution is -2.35. The number of benzene rings is 1. The van der Waals surface area contributed by atoms with Crippen molar-refractivity contribution in [2.24, 2.45) is 0 Å². The van der Waals surface area contributed by atoms with Gasteiger partial charge in [0.25, 0.3) is 5.91 Å². The molecule has 21 heavy (non-hydrogen) atoms. The summed E-state index contributed by atoms with van der Waals surface area (Å²) in [7, 11) is 0. The van der Waals surface area contributed by atoms with Gasteiger partial charge in [-0.25, -0.2) is 0 Å². The van der Waals surface area contributed by atoms with Crippen molar-refractivity contribution in [3.8, 4) is 5.75 Å². The van der Waals surface area contributed by atoms with Gasteiger partial charge in [-0.2, -0.15) is 0 Å².